The Kier molecular flexibility index (Phi) is 7.60. The minimum atomic E-state index is -0.817. The lowest BCUT2D eigenvalue weighted by atomic mass is 10.2. The first-order valence-corrected chi connectivity index (χ1v) is 6.86. The summed E-state index contributed by atoms with van der Waals surface area (Å²) in [7, 11) is 0. The van der Waals surface area contributed by atoms with Crippen molar-refractivity contribution in [2.24, 2.45) is 0 Å². The fourth-order valence-corrected chi connectivity index (χ4v) is 1.58. The molecule has 3 rings (SSSR count). The van der Waals surface area contributed by atoms with Gasteiger partial charge in [0, 0.05) is 6.92 Å². The maximum absolute atomic E-state index is 12.9. The number of hydroxylamine groups is 1. The summed E-state index contributed by atoms with van der Waals surface area (Å²) in [5.74, 6) is -2.38. The van der Waals surface area contributed by atoms with Crippen LogP contribution in [0.25, 0.3) is 11.0 Å². The predicted molar refractivity (Wildman–Crippen MR) is 85.1 cm³/mol. The van der Waals surface area contributed by atoms with E-state index in [0.29, 0.717) is 5.58 Å². The van der Waals surface area contributed by atoms with Crippen LogP contribution in [0.1, 0.15) is 12.5 Å². The van der Waals surface area contributed by atoms with E-state index in [1.807, 2.05) is 0 Å². The Bertz CT molecular complexity index is 918. The number of fused-ring (bicyclic) bond motifs is 1. The summed E-state index contributed by atoms with van der Waals surface area (Å²) in [5, 5.41) is 19.4. The molecule has 0 unspecified atom stereocenters. The number of benzene rings is 2. The molecule has 1 heterocycles. The third-order valence-corrected chi connectivity index (χ3v) is 2.71. The highest BCUT2D eigenvalue weighted by atomic mass is 19.1. The highest BCUT2D eigenvalue weighted by Gasteiger charge is 2.08. The van der Waals surface area contributed by atoms with Gasteiger partial charge >= 0.3 is 0 Å². The second kappa shape index (κ2) is 9.65. The van der Waals surface area contributed by atoms with Gasteiger partial charge in [-0.25, -0.2) is 18.7 Å². The van der Waals surface area contributed by atoms with Gasteiger partial charge in [0.25, 0.3) is 0 Å². The Labute approximate surface area is 145 Å². The summed E-state index contributed by atoms with van der Waals surface area (Å²) in [6.45, 7) is 1.22. The minimum absolute atomic E-state index is 0.0955. The van der Waals surface area contributed by atoms with Gasteiger partial charge in [0.1, 0.15) is 34.5 Å². The molecular weight excluding hydrogens is 353 g/mol. The zero-order chi connectivity index (χ0) is 19.7. The van der Waals surface area contributed by atoms with Gasteiger partial charge in [0.2, 0.25) is 5.91 Å². The molecule has 0 atom stereocenters. The standard InChI is InChI=1S/C7H3F2N.C7H5FN2O.C2H5NO2/c8-6-2-1-3-7(9)5(6)4-10;8-4-2-1-3-5-6(4)7(9)10-11-5;1-2(4)3-5/h1-3H;1-3H,(H2,9,10);5H,1H3,(H,3,4). The molecular formula is C16H13F3N4O3. The normalized spacial score (nSPS) is 9.23. The van der Waals surface area contributed by atoms with Gasteiger partial charge < -0.3 is 10.3 Å². The summed E-state index contributed by atoms with van der Waals surface area (Å²) in [6, 6.07) is 9.19. The highest BCUT2D eigenvalue weighted by molar-refractivity contribution is 5.87. The van der Waals surface area contributed by atoms with E-state index in [0.717, 1.165) is 12.1 Å². The Morgan fingerprint density at radius 1 is 1.19 bits per heavy atom. The number of nitrogens with one attached hydrogen (secondary N) is 1. The summed E-state index contributed by atoms with van der Waals surface area (Å²) in [4.78, 5) is 9.45. The van der Waals surface area contributed by atoms with E-state index >= 15 is 0 Å². The number of amides is 1. The van der Waals surface area contributed by atoms with Crippen molar-refractivity contribution in [3.8, 4) is 6.07 Å². The molecule has 0 fully saturated rings. The first-order chi connectivity index (χ1) is 12.3. The number of anilines is 1. The lowest BCUT2D eigenvalue weighted by molar-refractivity contribution is -0.126. The molecule has 10 heteroatoms. The minimum Gasteiger partial charge on any atom is -0.380 e. The van der Waals surface area contributed by atoms with E-state index in [2.05, 4.69) is 5.16 Å². The zero-order valence-electron chi connectivity index (χ0n) is 13.3. The van der Waals surface area contributed by atoms with Crippen LogP contribution in [0, 0.1) is 28.8 Å². The molecule has 2 aromatic carbocycles. The average molecular weight is 366 g/mol. The molecule has 0 aliphatic rings. The maximum Gasteiger partial charge on any atom is 0.240 e. The molecule has 7 nitrogen and oxygen atoms in total. The molecule has 136 valence electrons. The topological polar surface area (TPSA) is 125 Å². The van der Waals surface area contributed by atoms with Gasteiger partial charge in [-0.05, 0) is 24.3 Å². The Morgan fingerprint density at radius 2 is 1.69 bits per heavy atom. The fourth-order valence-electron chi connectivity index (χ4n) is 1.58. The molecule has 26 heavy (non-hydrogen) atoms. The van der Waals surface area contributed by atoms with E-state index in [1.54, 1.807) is 12.1 Å². The lowest BCUT2D eigenvalue weighted by Gasteiger charge is -1.91. The van der Waals surface area contributed by atoms with Gasteiger partial charge in [-0.1, -0.05) is 17.3 Å². The molecule has 0 aliphatic heterocycles. The lowest BCUT2D eigenvalue weighted by Crippen LogP contribution is -2.12. The highest BCUT2D eigenvalue weighted by Crippen LogP contribution is 2.22. The second-order valence-electron chi connectivity index (χ2n) is 4.56. The number of nitrogen functional groups attached to an aromatic ring is 1. The van der Waals surface area contributed by atoms with E-state index in [-0.39, 0.29) is 11.2 Å². The van der Waals surface area contributed by atoms with Gasteiger partial charge in [-0.15, -0.1) is 0 Å². The predicted octanol–water partition coefficient (Wildman–Crippen LogP) is 2.90. The molecule has 0 saturated carbocycles. The molecule has 4 N–H and O–H groups in total. The maximum atomic E-state index is 12.9. The van der Waals surface area contributed by atoms with Crippen molar-refractivity contribution in [2.75, 3.05) is 5.73 Å². The number of nitriles is 1. The number of hydrogen-bond acceptors (Lipinski definition) is 6. The monoisotopic (exact) mass is 366 g/mol. The van der Waals surface area contributed by atoms with Gasteiger partial charge in [0.05, 0.1) is 0 Å². The third-order valence-electron chi connectivity index (χ3n) is 2.71. The van der Waals surface area contributed by atoms with Crippen LogP contribution in [0.15, 0.2) is 40.9 Å². The molecule has 1 amide bonds. The first-order valence-electron chi connectivity index (χ1n) is 6.86. The van der Waals surface area contributed by atoms with Crippen molar-refractivity contribution < 1.29 is 27.7 Å². The molecule has 0 radical (unpaired) electrons. The van der Waals surface area contributed by atoms with Crippen LogP contribution in [0.2, 0.25) is 0 Å². The van der Waals surface area contributed by atoms with Crippen LogP contribution in [0.5, 0.6) is 0 Å². The van der Waals surface area contributed by atoms with Gasteiger partial charge in [-0.2, -0.15) is 5.26 Å². The van der Waals surface area contributed by atoms with Crippen LogP contribution in [-0.4, -0.2) is 16.3 Å². The third kappa shape index (κ3) is 5.50. The first kappa shape index (κ1) is 20.5. The molecule has 0 bridgehead atoms. The quantitative estimate of drug-likeness (QED) is 0.415. The summed E-state index contributed by atoms with van der Waals surface area (Å²) in [5.41, 5.74) is 6.57. The van der Waals surface area contributed by atoms with Gasteiger partial charge in [-0.3, -0.25) is 10.0 Å². The van der Waals surface area contributed by atoms with E-state index in [9.17, 15) is 18.0 Å². The Morgan fingerprint density at radius 3 is 2.12 bits per heavy atom. The second-order valence-corrected chi connectivity index (χ2v) is 4.56. The zero-order valence-corrected chi connectivity index (χ0v) is 13.3. The van der Waals surface area contributed by atoms with Crippen LogP contribution in [0.4, 0.5) is 19.0 Å². The summed E-state index contributed by atoms with van der Waals surface area (Å²) < 4.78 is 42.4. The number of aromatic nitrogens is 1. The van der Waals surface area contributed by atoms with Crippen molar-refractivity contribution in [2.45, 2.75) is 6.92 Å². The molecule has 3 aromatic rings. The molecule has 1 aromatic heterocycles. The summed E-state index contributed by atoms with van der Waals surface area (Å²) in [6.07, 6.45) is 0. The summed E-state index contributed by atoms with van der Waals surface area (Å²) >= 11 is 0. The van der Waals surface area contributed by atoms with Crippen molar-refractivity contribution in [3.63, 3.8) is 0 Å². The number of hydrogen-bond donors (Lipinski definition) is 3. The van der Waals surface area contributed by atoms with Crippen molar-refractivity contribution in [1.29, 1.82) is 5.26 Å². The Balaban J connectivity index is 0.000000210. The van der Waals surface area contributed by atoms with Crippen LogP contribution in [0.3, 0.4) is 0 Å². The van der Waals surface area contributed by atoms with Crippen molar-refractivity contribution >= 4 is 22.7 Å². The van der Waals surface area contributed by atoms with Crippen LogP contribution >= 0.6 is 0 Å². The number of halogens is 3. The smallest absolute Gasteiger partial charge is 0.240 e. The van der Waals surface area contributed by atoms with Crippen LogP contribution < -0.4 is 11.2 Å². The largest absolute Gasteiger partial charge is 0.380 e. The van der Waals surface area contributed by atoms with E-state index in [4.69, 9.17) is 20.7 Å². The number of nitrogens with zero attached hydrogens (tertiary/aromatic N) is 2. The van der Waals surface area contributed by atoms with Crippen molar-refractivity contribution in [3.05, 3.63) is 59.4 Å². The number of nitrogens with two attached hydrogens (primary N) is 1. The number of carbonyl (C=O) groups is 1. The molecule has 0 aliphatic carbocycles. The SMILES string of the molecule is CC(=O)NO.N#Cc1c(F)cccc1F.Nc1noc2cccc(F)c12. The van der Waals surface area contributed by atoms with E-state index < -0.39 is 28.9 Å². The van der Waals surface area contributed by atoms with Crippen molar-refractivity contribution in [1.82, 2.24) is 10.6 Å². The fraction of sp³-hybridized carbons (Fsp3) is 0.0625. The van der Waals surface area contributed by atoms with E-state index in [1.165, 1.54) is 30.6 Å². The van der Waals surface area contributed by atoms with Gasteiger partial charge in [0.15, 0.2) is 11.4 Å². The average Bonchev–Trinajstić information content (AvgIpc) is 2.99. The molecule has 0 spiro atoms. The number of carbonyl (C=O) groups excluding carboxylic acids is 1. The van der Waals surface area contributed by atoms with Crippen LogP contribution in [-0.2, 0) is 4.79 Å². The Hall–Kier alpha value is -3.58. The molecule has 0 saturated heterocycles. The number of rotatable bonds is 0.